The summed E-state index contributed by atoms with van der Waals surface area (Å²) in [6.45, 7) is 9.19. The minimum atomic E-state index is -0.553. The van der Waals surface area contributed by atoms with Crippen LogP contribution in [0.3, 0.4) is 0 Å². The molecule has 2 saturated heterocycles. The number of nitrogens with two attached hydrogens (primary N) is 1. The van der Waals surface area contributed by atoms with Crippen LogP contribution in [-0.2, 0) is 9.59 Å². The van der Waals surface area contributed by atoms with Gasteiger partial charge in [0, 0.05) is 56.8 Å². The summed E-state index contributed by atoms with van der Waals surface area (Å²) in [7, 11) is 0. The van der Waals surface area contributed by atoms with Crippen molar-refractivity contribution in [2.45, 2.75) is 116 Å². The van der Waals surface area contributed by atoms with Gasteiger partial charge in [0.25, 0.3) is 5.91 Å². The number of anilines is 2. The van der Waals surface area contributed by atoms with Gasteiger partial charge < -0.3 is 25.8 Å². The third kappa shape index (κ3) is 10.4. The van der Waals surface area contributed by atoms with Crippen LogP contribution < -0.4 is 20.9 Å². The quantitative estimate of drug-likeness (QED) is 0.226. The molecule has 0 spiro atoms. The monoisotopic (exact) mass is 633 g/mol. The molecular formula is C36H55N7O3. The van der Waals surface area contributed by atoms with E-state index in [4.69, 9.17) is 5.73 Å². The van der Waals surface area contributed by atoms with Gasteiger partial charge in [-0.1, -0.05) is 88.3 Å². The van der Waals surface area contributed by atoms with Crippen LogP contribution in [-0.4, -0.2) is 77.4 Å². The average molecular weight is 634 g/mol. The first-order chi connectivity index (χ1) is 22.2. The van der Waals surface area contributed by atoms with Crippen LogP contribution in [0.4, 0.5) is 11.6 Å². The van der Waals surface area contributed by atoms with E-state index in [1.54, 1.807) is 0 Å². The molecule has 2 fully saturated rings. The number of amides is 3. The van der Waals surface area contributed by atoms with Gasteiger partial charge in [-0.25, -0.2) is 9.97 Å². The molecule has 46 heavy (non-hydrogen) atoms. The number of rotatable bonds is 17. The molecule has 2 aromatic rings. The topological polar surface area (TPSA) is 125 Å². The summed E-state index contributed by atoms with van der Waals surface area (Å²) < 4.78 is 0. The number of piperazine rings is 1. The standard InChI is InChI=1S/C36H55N7O3/c1-4-5-6-7-8-9-10-11-12-13-14-15-34(44)40-30-23-31(35(37)45)43(25-30)33-24-32(38-26-39-33)41-16-18-42(19-17-41)36(46)29-21-27(2)20-28(3)22-29/h20-22,24,26,30-31H,4-19,23,25H2,1-3H3,(H2,37,45)(H,40,44). The Morgan fingerprint density at radius 2 is 1.39 bits per heavy atom. The lowest BCUT2D eigenvalue weighted by atomic mass is 10.1. The zero-order valence-corrected chi connectivity index (χ0v) is 28.3. The van der Waals surface area contributed by atoms with Gasteiger partial charge in [0.1, 0.15) is 24.0 Å². The molecule has 10 heteroatoms. The Morgan fingerprint density at radius 3 is 2.00 bits per heavy atom. The van der Waals surface area contributed by atoms with Crippen molar-refractivity contribution in [1.29, 1.82) is 0 Å². The van der Waals surface area contributed by atoms with Gasteiger partial charge in [0.15, 0.2) is 0 Å². The number of carbonyl (C=O) groups excluding carboxylic acids is 3. The lowest BCUT2D eigenvalue weighted by Crippen LogP contribution is -2.49. The summed E-state index contributed by atoms with van der Waals surface area (Å²) in [5.74, 6) is 1.01. The van der Waals surface area contributed by atoms with Crippen molar-refractivity contribution in [3.8, 4) is 0 Å². The van der Waals surface area contributed by atoms with E-state index in [1.807, 2.05) is 41.8 Å². The van der Waals surface area contributed by atoms with E-state index in [1.165, 1.54) is 64.1 Å². The predicted octanol–water partition coefficient (Wildman–Crippen LogP) is 5.31. The summed E-state index contributed by atoms with van der Waals surface area (Å²) in [6, 6.07) is 7.11. The van der Waals surface area contributed by atoms with E-state index in [0.717, 1.165) is 35.3 Å². The van der Waals surface area contributed by atoms with Gasteiger partial charge in [-0.2, -0.15) is 0 Å². The largest absolute Gasteiger partial charge is 0.368 e. The highest BCUT2D eigenvalue weighted by Gasteiger charge is 2.37. The Labute approximate surface area is 275 Å². The number of nitrogens with zero attached hydrogens (tertiary/aromatic N) is 5. The van der Waals surface area contributed by atoms with Crippen molar-refractivity contribution < 1.29 is 14.4 Å². The molecule has 3 N–H and O–H groups in total. The zero-order valence-electron chi connectivity index (χ0n) is 28.3. The number of primary amides is 1. The molecule has 3 amide bonds. The molecule has 10 nitrogen and oxygen atoms in total. The summed E-state index contributed by atoms with van der Waals surface area (Å²) in [6.07, 6.45) is 16.2. The third-order valence-corrected chi connectivity index (χ3v) is 9.29. The summed E-state index contributed by atoms with van der Waals surface area (Å²) in [5.41, 5.74) is 8.69. The highest BCUT2D eigenvalue weighted by Crippen LogP contribution is 2.27. The number of unbranched alkanes of at least 4 members (excludes halogenated alkanes) is 10. The van der Waals surface area contributed by atoms with Gasteiger partial charge in [-0.3, -0.25) is 14.4 Å². The van der Waals surface area contributed by atoms with E-state index in [0.29, 0.717) is 51.4 Å². The maximum atomic E-state index is 13.1. The molecule has 0 radical (unpaired) electrons. The number of benzene rings is 1. The molecule has 0 saturated carbocycles. The molecule has 2 unspecified atom stereocenters. The maximum Gasteiger partial charge on any atom is 0.253 e. The molecule has 1 aromatic carbocycles. The first-order valence-electron chi connectivity index (χ1n) is 17.5. The number of aryl methyl sites for hydroxylation is 2. The van der Waals surface area contributed by atoms with Crippen LogP contribution in [0.2, 0.25) is 0 Å². The molecule has 0 bridgehead atoms. The first kappa shape index (κ1) is 35.2. The van der Waals surface area contributed by atoms with Crippen molar-refractivity contribution in [3.05, 3.63) is 47.3 Å². The summed E-state index contributed by atoms with van der Waals surface area (Å²) in [5, 5.41) is 3.13. The minimum Gasteiger partial charge on any atom is -0.368 e. The first-order valence-corrected chi connectivity index (χ1v) is 17.5. The second-order valence-electron chi connectivity index (χ2n) is 13.2. The fraction of sp³-hybridized carbons (Fsp3) is 0.639. The molecular weight excluding hydrogens is 578 g/mol. The Balaban J connectivity index is 1.22. The number of hydrogen-bond acceptors (Lipinski definition) is 7. The van der Waals surface area contributed by atoms with Crippen LogP contribution in [0.15, 0.2) is 30.6 Å². The smallest absolute Gasteiger partial charge is 0.253 e. The molecule has 2 atom stereocenters. The second kappa shape index (κ2) is 17.9. The van der Waals surface area contributed by atoms with E-state index in [9.17, 15) is 14.4 Å². The average Bonchev–Trinajstić information content (AvgIpc) is 3.47. The molecule has 2 aliphatic rings. The number of aromatic nitrogens is 2. The van der Waals surface area contributed by atoms with Crippen molar-refractivity contribution in [2.24, 2.45) is 5.73 Å². The number of nitrogens with one attached hydrogen (secondary N) is 1. The lowest BCUT2D eigenvalue weighted by molar-refractivity contribution is -0.122. The fourth-order valence-corrected chi connectivity index (χ4v) is 6.80. The maximum absolute atomic E-state index is 13.1. The zero-order chi connectivity index (χ0) is 32.9. The molecule has 0 aliphatic carbocycles. The third-order valence-electron chi connectivity index (χ3n) is 9.29. The molecule has 252 valence electrons. The van der Waals surface area contributed by atoms with Gasteiger partial charge in [0.05, 0.1) is 0 Å². The Hall–Kier alpha value is -3.69. The van der Waals surface area contributed by atoms with Gasteiger partial charge in [0.2, 0.25) is 11.8 Å². The predicted molar refractivity (Wildman–Crippen MR) is 184 cm³/mol. The van der Waals surface area contributed by atoms with Gasteiger partial charge >= 0.3 is 0 Å². The van der Waals surface area contributed by atoms with Gasteiger partial charge in [-0.05, 0) is 38.8 Å². The lowest BCUT2D eigenvalue weighted by Gasteiger charge is -2.36. The normalized spacial score (nSPS) is 18.2. The van der Waals surface area contributed by atoms with Crippen molar-refractivity contribution in [1.82, 2.24) is 20.2 Å². The van der Waals surface area contributed by atoms with Crippen LogP contribution in [0.5, 0.6) is 0 Å². The minimum absolute atomic E-state index is 0.0302. The molecule has 4 rings (SSSR count). The highest BCUT2D eigenvalue weighted by molar-refractivity contribution is 5.94. The van der Waals surface area contributed by atoms with E-state index < -0.39 is 11.9 Å². The fourth-order valence-electron chi connectivity index (χ4n) is 6.80. The summed E-state index contributed by atoms with van der Waals surface area (Å²) in [4.78, 5) is 53.2. The molecule has 2 aliphatic heterocycles. The SMILES string of the molecule is CCCCCCCCCCCCCC(=O)NC1CC(C(N)=O)N(c2cc(N3CCN(C(=O)c4cc(C)cc(C)c4)CC3)ncn2)C1. The van der Waals surface area contributed by atoms with E-state index in [-0.39, 0.29) is 17.9 Å². The molecule has 3 heterocycles. The van der Waals surface area contributed by atoms with Gasteiger partial charge in [-0.15, -0.1) is 0 Å². The van der Waals surface area contributed by atoms with Crippen LogP contribution >= 0.6 is 0 Å². The molecule has 1 aromatic heterocycles. The summed E-state index contributed by atoms with van der Waals surface area (Å²) >= 11 is 0. The Kier molecular flexibility index (Phi) is 13.7. The van der Waals surface area contributed by atoms with Crippen LogP contribution in [0.25, 0.3) is 0 Å². The second-order valence-corrected chi connectivity index (χ2v) is 13.2. The van der Waals surface area contributed by atoms with Crippen molar-refractivity contribution in [3.63, 3.8) is 0 Å². The highest BCUT2D eigenvalue weighted by atomic mass is 16.2. The van der Waals surface area contributed by atoms with E-state index in [2.05, 4.69) is 33.2 Å². The van der Waals surface area contributed by atoms with Crippen LogP contribution in [0, 0.1) is 13.8 Å². The number of hydrogen-bond donors (Lipinski definition) is 2. The van der Waals surface area contributed by atoms with Crippen molar-refractivity contribution in [2.75, 3.05) is 42.5 Å². The number of carbonyl (C=O) groups is 3. The Morgan fingerprint density at radius 1 is 0.804 bits per heavy atom. The van der Waals surface area contributed by atoms with E-state index >= 15 is 0 Å². The van der Waals surface area contributed by atoms with Crippen molar-refractivity contribution >= 4 is 29.4 Å². The Bertz CT molecular complexity index is 1270. The van der Waals surface area contributed by atoms with Crippen LogP contribution in [0.1, 0.15) is 112 Å².